The molecule has 2 nitrogen and oxygen atoms in total. The van der Waals surface area contributed by atoms with Crippen LogP contribution >= 0.6 is 39.3 Å². The number of nitrogens with zero attached hydrogens (tertiary/aromatic N) is 1. The maximum Gasteiger partial charge on any atom is 0.161 e. The zero-order valence-electron chi connectivity index (χ0n) is 10.6. The number of hydrogen-bond donors (Lipinski definition) is 1. The first-order valence-corrected chi connectivity index (χ1v) is 8.72. The van der Waals surface area contributed by atoms with E-state index in [0.29, 0.717) is 5.41 Å². The van der Waals surface area contributed by atoms with Gasteiger partial charge in [0, 0.05) is 21.8 Å². The van der Waals surface area contributed by atoms with Crippen LogP contribution in [0.5, 0.6) is 0 Å². The van der Waals surface area contributed by atoms with Gasteiger partial charge >= 0.3 is 0 Å². The van der Waals surface area contributed by atoms with Gasteiger partial charge in [0.25, 0.3) is 0 Å². The van der Waals surface area contributed by atoms with Crippen molar-refractivity contribution in [1.82, 2.24) is 0 Å². The minimum Gasteiger partial charge on any atom is -0.334 e. The molecule has 5 heteroatoms. The number of hydrogen-bond acceptors (Lipinski definition) is 3. The van der Waals surface area contributed by atoms with Gasteiger partial charge in [-0.15, -0.1) is 0 Å². The Balaban J connectivity index is 1.71. The zero-order valence-corrected chi connectivity index (χ0v) is 13.7. The lowest BCUT2D eigenvalue weighted by molar-refractivity contribution is 0.359. The summed E-state index contributed by atoms with van der Waals surface area (Å²) in [6, 6.07) is 5.76. The second-order valence-corrected chi connectivity index (χ2v) is 7.62. The molecule has 1 N–H and O–H groups in total. The summed E-state index contributed by atoms with van der Waals surface area (Å²) < 4.78 is 1.02. The quantitative estimate of drug-likeness (QED) is 0.747. The summed E-state index contributed by atoms with van der Waals surface area (Å²) in [5.41, 5.74) is 1.47. The van der Waals surface area contributed by atoms with Crippen LogP contribution in [-0.2, 0) is 0 Å². The number of aliphatic imine (C=N–C) groups is 1. The third kappa shape index (κ3) is 3.11. The number of thioether (sulfide) groups is 1. The molecule has 0 saturated heterocycles. The van der Waals surface area contributed by atoms with Crippen molar-refractivity contribution in [3.05, 3.63) is 27.7 Å². The molecular weight excluding hydrogens is 344 g/mol. The molecule has 0 unspecified atom stereocenters. The van der Waals surface area contributed by atoms with Crippen LogP contribution in [0.4, 0.5) is 5.69 Å². The number of rotatable bonds is 1. The van der Waals surface area contributed by atoms with E-state index in [0.717, 1.165) is 26.9 Å². The molecule has 1 aliphatic carbocycles. The zero-order chi connectivity index (χ0) is 13.3. The van der Waals surface area contributed by atoms with Crippen molar-refractivity contribution < 1.29 is 0 Å². The maximum atomic E-state index is 6.03. The molecule has 19 heavy (non-hydrogen) atoms. The third-order valence-electron chi connectivity index (χ3n) is 3.91. The van der Waals surface area contributed by atoms with Crippen molar-refractivity contribution in [2.24, 2.45) is 10.4 Å². The number of benzene rings is 1. The summed E-state index contributed by atoms with van der Waals surface area (Å²) in [5, 5.41) is 5.13. The van der Waals surface area contributed by atoms with E-state index < -0.39 is 0 Å². The van der Waals surface area contributed by atoms with Gasteiger partial charge in [0.2, 0.25) is 0 Å². The fourth-order valence-corrected chi connectivity index (χ4v) is 4.44. The van der Waals surface area contributed by atoms with E-state index in [2.05, 4.69) is 21.2 Å². The standard InChI is InChI=1S/C14H16BrClN2S/c15-11-4-3-10(16)7-12(11)18-13-17-8-14(9-19-13)5-1-2-6-14/h3-4,7H,1-2,5-6,8-9H2,(H,17,18). The van der Waals surface area contributed by atoms with Gasteiger partial charge in [0.05, 0.1) is 5.69 Å². The van der Waals surface area contributed by atoms with Crippen LogP contribution in [0.15, 0.2) is 27.7 Å². The highest BCUT2D eigenvalue weighted by Crippen LogP contribution is 2.43. The van der Waals surface area contributed by atoms with E-state index in [1.54, 1.807) is 0 Å². The highest BCUT2D eigenvalue weighted by atomic mass is 79.9. The molecule has 1 fully saturated rings. The molecule has 0 amide bonds. The van der Waals surface area contributed by atoms with Crippen LogP contribution in [0.3, 0.4) is 0 Å². The average molecular weight is 360 g/mol. The number of anilines is 1. The van der Waals surface area contributed by atoms with E-state index in [1.807, 2.05) is 30.0 Å². The Bertz CT molecular complexity index is 512. The first kappa shape index (κ1) is 13.8. The van der Waals surface area contributed by atoms with Crippen LogP contribution in [0.2, 0.25) is 5.02 Å². The molecule has 3 rings (SSSR count). The van der Waals surface area contributed by atoms with Gasteiger partial charge in [-0.3, -0.25) is 4.99 Å². The van der Waals surface area contributed by atoms with Crippen molar-refractivity contribution in [2.45, 2.75) is 25.7 Å². The van der Waals surface area contributed by atoms with Crippen molar-refractivity contribution in [1.29, 1.82) is 0 Å². The fraction of sp³-hybridized carbons (Fsp3) is 0.500. The normalized spacial score (nSPS) is 21.5. The predicted octanol–water partition coefficient (Wildman–Crippen LogP) is 5.18. The maximum absolute atomic E-state index is 6.03. The Morgan fingerprint density at radius 3 is 2.79 bits per heavy atom. The Kier molecular flexibility index (Phi) is 4.11. The molecule has 1 heterocycles. The van der Waals surface area contributed by atoms with E-state index in [4.69, 9.17) is 16.6 Å². The van der Waals surface area contributed by atoms with Crippen molar-refractivity contribution in [2.75, 3.05) is 17.6 Å². The van der Waals surface area contributed by atoms with Crippen LogP contribution in [-0.4, -0.2) is 17.5 Å². The molecule has 0 atom stereocenters. The van der Waals surface area contributed by atoms with Gasteiger partial charge in [-0.25, -0.2) is 0 Å². The highest BCUT2D eigenvalue weighted by molar-refractivity contribution is 9.10. The lowest BCUT2D eigenvalue weighted by Gasteiger charge is -2.31. The van der Waals surface area contributed by atoms with Gasteiger partial charge in [0.15, 0.2) is 5.17 Å². The van der Waals surface area contributed by atoms with Gasteiger partial charge in [-0.05, 0) is 52.4 Å². The second kappa shape index (κ2) is 5.66. The van der Waals surface area contributed by atoms with Gasteiger partial charge in [-0.2, -0.15) is 0 Å². The fourth-order valence-electron chi connectivity index (χ4n) is 2.76. The molecular formula is C14H16BrClN2S. The molecule has 102 valence electrons. The van der Waals surface area contributed by atoms with Gasteiger partial charge in [0.1, 0.15) is 0 Å². The van der Waals surface area contributed by atoms with E-state index >= 15 is 0 Å². The molecule has 0 aromatic heterocycles. The van der Waals surface area contributed by atoms with E-state index in [-0.39, 0.29) is 0 Å². The second-order valence-electron chi connectivity index (χ2n) is 5.37. The SMILES string of the molecule is Clc1ccc(Br)c(NC2=NCC3(CCCC3)CS2)c1. The van der Waals surface area contributed by atoms with Crippen molar-refractivity contribution in [3.63, 3.8) is 0 Å². The predicted molar refractivity (Wildman–Crippen MR) is 88.4 cm³/mol. The molecule has 1 saturated carbocycles. The first-order chi connectivity index (χ1) is 9.17. The summed E-state index contributed by atoms with van der Waals surface area (Å²) in [7, 11) is 0. The molecule has 0 radical (unpaired) electrons. The Morgan fingerprint density at radius 2 is 2.11 bits per heavy atom. The summed E-state index contributed by atoms with van der Waals surface area (Å²) in [6.07, 6.45) is 5.44. The monoisotopic (exact) mass is 358 g/mol. The van der Waals surface area contributed by atoms with E-state index in [9.17, 15) is 0 Å². The first-order valence-electron chi connectivity index (χ1n) is 6.56. The third-order valence-corrected chi connectivity index (χ3v) is 6.10. The minimum atomic E-state index is 0.488. The average Bonchev–Trinajstić information content (AvgIpc) is 2.85. The summed E-state index contributed by atoms with van der Waals surface area (Å²) in [4.78, 5) is 4.74. The van der Waals surface area contributed by atoms with Gasteiger partial charge < -0.3 is 5.32 Å². The summed E-state index contributed by atoms with van der Waals surface area (Å²) in [6.45, 7) is 0.973. The highest BCUT2D eigenvalue weighted by Gasteiger charge is 2.36. The largest absolute Gasteiger partial charge is 0.334 e. The van der Waals surface area contributed by atoms with Crippen LogP contribution < -0.4 is 5.32 Å². The van der Waals surface area contributed by atoms with Crippen molar-refractivity contribution in [3.8, 4) is 0 Å². The van der Waals surface area contributed by atoms with Crippen LogP contribution in [0.1, 0.15) is 25.7 Å². The Morgan fingerprint density at radius 1 is 1.32 bits per heavy atom. The lowest BCUT2D eigenvalue weighted by Crippen LogP contribution is -2.30. The number of nitrogens with one attached hydrogen (secondary N) is 1. The molecule has 1 aliphatic heterocycles. The Hall–Kier alpha value is -0.190. The molecule has 1 aromatic rings. The smallest absolute Gasteiger partial charge is 0.161 e. The summed E-state index contributed by atoms with van der Waals surface area (Å²) >= 11 is 11.4. The molecule has 1 aromatic carbocycles. The molecule has 1 spiro atoms. The number of halogens is 2. The minimum absolute atomic E-state index is 0.488. The topological polar surface area (TPSA) is 24.4 Å². The Labute approximate surface area is 131 Å². The van der Waals surface area contributed by atoms with E-state index in [1.165, 1.54) is 31.4 Å². The van der Waals surface area contributed by atoms with Gasteiger partial charge in [-0.1, -0.05) is 36.2 Å². The number of amidine groups is 1. The van der Waals surface area contributed by atoms with Crippen LogP contribution in [0, 0.1) is 5.41 Å². The lowest BCUT2D eigenvalue weighted by atomic mass is 9.89. The summed E-state index contributed by atoms with van der Waals surface area (Å²) in [5.74, 6) is 1.19. The van der Waals surface area contributed by atoms with Crippen LogP contribution in [0.25, 0.3) is 0 Å². The molecule has 0 bridgehead atoms. The molecule has 2 aliphatic rings. The van der Waals surface area contributed by atoms with Crippen molar-refractivity contribution >= 4 is 50.1 Å².